The minimum absolute atomic E-state index is 0.0263. The van der Waals surface area contributed by atoms with Crippen molar-refractivity contribution in [2.45, 2.75) is 24.8 Å². The molecule has 0 heterocycles. The fraction of sp³-hybridized carbons (Fsp3) is 0.263. The Kier molecular flexibility index (Phi) is 7.27. The van der Waals surface area contributed by atoms with Crippen LogP contribution < -0.4 is 16.6 Å². The molecule has 9 heteroatoms. The molecule has 4 N–H and O–H groups in total. The van der Waals surface area contributed by atoms with Crippen LogP contribution in [0.2, 0.25) is 0 Å². The first kappa shape index (κ1) is 21.5. The molecule has 2 amide bonds. The van der Waals surface area contributed by atoms with E-state index in [4.69, 9.17) is 5.73 Å². The third-order valence-electron chi connectivity index (χ3n) is 4.19. The summed E-state index contributed by atoms with van der Waals surface area (Å²) in [4.78, 5) is 24.2. The lowest BCUT2D eigenvalue weighted by atomic mass is 10.1. The molecule has 0 bridgehead atoms. The van der Waals surface area contributed by atoms with Crippen molar-refractivity contribution in [1.29, 1.82) is 0 Å². The second kappa shape index (κ2) is 9.45. The molecular weight excluding hydrogens is 380 g/mol. The first-order chi connectivity index (χ1) is 13.3. The number of carbonyl (C=O) groups is 2. The molecule has 0 aliphatic rings. The molecule has 1 atom stereocenters. The van der Waals surface area contributed by atoms with Gasteiger partial charge in [-0.05, 0) is 23.8 Å². The van der Waals surface area contributed by atoms with Gasteiger partial charge in [-0.15, -0.1) is 0 Å². The fourth-order valence-electron chi connectivity index (χ4n) is 2.68. The van der Waals surface area contributed by atoms with Crippen molar-refractivity contribution in [3.05, 3.63) is 65.7 Å². The van der Waals surface area contributed by atoms with Gasteiger partial charge in [0.1, 0.15) is 6.04 Å². The zero-order valence-corrected chi connectivity index (χ0v) is 16.6. The summed E-state index contributed by atoms with van der Waals surface area (Å²) < 4.78 is 26.6. The predicted molar refractivity (Wildman–Crippen MR) is 106 cm³/mol. The highest BCUT2D eigenvalue weighted by Crippen LogP contribution is 2.17. The van der Waals surface area contributed by atoms with Gasteiger partial charge in [-0.3, -0.25) is 15.0 Å². The van der Waals surface area contributed by atoms with Gasteiger partial charge >= 0.3 is 0 Å². The van der Waals surface area contributed by atoms with E-state index in [1.54, 1.807) is 44.2 Å². The number of primary amides is 1. The van der Waals surface area contributed by atoms with Crippen molar-refractivity contribution < 1.29 is 18.0 Å². The number of hydrazine groups is 1. The molecule has 8 nitrogen and oxygen atoms in total. The lowest BCUT2D eigenvalue weighted by Crippen LogP contribution is -2.45. The predicted octanol–water partition coefficient (Wildman–Crippen LogP) is 1.18. The van der Waals surface area contributed by atoms with E-state index in [0.717, 1.165) is 0 Å². The third kappa shape index (κ3) is 4.94. The number of nitrogens with two attached hydrogens (primary N) is 1. The van der Waals surface area contributed by atoms with Crippen molar-refractivity contribution in [2.75, 3.05) is 13.1 Å². The Morgan fingerprint density at radius 1 is 1.04 bits per heavy atom. The van der Waals surface area contributed by atoms with Gasteiger partial charge in [0.25, 0.3) is 5.91 Å². The molecule has 0 saturated carbocycles. The summed E-state index contributed by atoms with van der Waals surface area (Å²) in [5, 5.41) is 0. The molecule has 0 unspecified atom stereocenters. The minimum Gasteiger partial charge on any atom is -0.368 e. The number of hydrogen-bond acceptors (Lipinski definition) is 5. The number of hydrogen-bond donors (Lipinski definition) is 3. The molecule has 28 heavy (non-hydrogen) atoms. The van der Waals surface area contributed by atoms with E-state index in [0.29, 0.717) is 18.7 Å². The molecule has 0 aliphatic heterocycles. The van der Waals surface area contributed by atoms with E-state index in [9.17, 15) is 18.0 Å². The van der Waals surface area contributed by atoms with Crippen LogP contribution in [-0.4, -0.2) is 37.6 Å². The topological polar surface area (TPSA) is 122 Å². The van der Waals surface area contributed by atoms with Crippen molar-refractivity contribution in [1.82, 2.24) is 15.2 Å². The van der Waals surface area contributed by atoms with E-state index in [1.165, 1.54) is 28.6 Å². The lowest BCUT2D eigenvalue weighted by Gasteiger charge is -2.19. The van der Waals surface area contributed by atoms with Crippen LogP contribution in [0.4, 0.5) is 0 Å². The van der Waals surface area contributed by atoms with Crippen molar-refractivity contribution in [2.24, 2.45) is 5.73 Å². The highest BCUT2D eigenvalue weighted by atomic mass is 32.2. The SMILES string of the molecule is CCN(CC)S(=O)(=O)c1cccc(C(=O)NN[C@@H](C(N)=O)c2ccccc2)c1. The summed E-state index contributed by atoms with van der Waals surface area (Å²) in [5.41, 5.74) is 11.1. The van der Waals surface area contributed by atoms with Crippen LogP contribution in [0.1, 0.15) is 35.8 Å². The molecule has 0 fully saturated rings. The smallest absolute Gasteiger partial charge is 0.265 e. The highest BCUT2D eigenvalue weighted by Gasteiger charge is 2.23. The van der Waals surface area contributed by atoms with E-state index in [2.05, 4.69) is 10.9 Å². The Morgan fingerprint density at radius 2 is 1.68 bits per heavy atom. The minimum atomic E-state index is -3.69. The number of sulfonamides is 1. The molecule has 0 spiro atoms. The van der Waals surface area contributed by atoms with Gasteiger partial charge in [-0.25, -0.2) is 13.8 Å². The number of nitrogens with one attached hydrogen (secondary N) is 2. The van der Waals surface area contributed by atoms with Crippen LogP contribution in [0, 0.1) is 0 Å². The highest BCUT2D eigenvalue weighted by molar-refractivity contribution is 7.89. The molecule has 0 aliphatic carbocycles. The lowest BCUT2D eigenvalue weighted by molar-refractivity contribution is -0.120. The number of rotatable bonds is 9. The number of benzene rings is 2. The van der Waals surface area contributed by atoms with Crippen LogP contribution in [0.15, 0.2) is 59.5 Å². The molecule has 2 aromatic carbocycles. The van der Waals surface area contributed by atoms with Crippen LogP contribution >= 0.6 is 0 Å². The van der Waals surface area contributed by atoms with E-state index in [-0.39, 0.29) is 10.5 Å². The van der Waals surface area contributed by atoms with E-state index >= 15 is 0 Å². The quantitative estimate of drug-likeness (QED) is 0.542. The monoisotopic (exact) mass is 404 g/mol. The largest absolute Gasteiger partial charge is 0.368 e. The standard InChI is InChI=1S/C19H24N4O4S/c1-3-23(4-2)28(26,27)16-12-8-11-15(13-16)19(25)22-21-17(18(20)24)14-9-6-5-7-10-14/h5-13,17,21H,3-4H2,1-2H3,(H2,20,24)(H,22,25)/t17-/m1/s1. The molecule has 2 aromatic rings. The van der Waals surface area contributed by atoms with E-state index in [1.807, 2.05) is 0 Å². The maximum Gasteiger partial charge on any atom is 0.265 e. The van der Waals surface area contributed by atoms with Gasteiger partial charge in [0.05, 0.1) is 4.90 Å². The van der Waals surface area contributed by atoms with Crippen molar-refractivity contribution in [3.8, 4) is 0 Å². The normalized spacial score (nSPS) is 12.5. The summed E-state index contributed by atoms with van der Waals surface area (Å²) >= 11 is 0. The summed E-state index contributed by atoms with van der Waals surface area (Å²) in [5.74, 6) is -1.25. The molecule has 150 valence electrons. The van der Waals surface area contributed by atoms with Crippen LogP contribution in [0.5, 0.6) is 0 Å². The van der Waals surface area contributed by atoms with Crippen LogP contribution in [0.3, 0.4) is 0 Å². The van der Waals surface area contributed by atoms with Gasteiger partial charge in [0.2, 0.25) is 15.9 Å². The Bertz CT molecular complexity index is 928. The van der Waals surface area contributed by atoms with Gasteiger partial charge < -0.3 is 5.73 Å². The Hall–Kier alpha value is -2.75. The Labute approximate surface area is 164 Å². The number of carbonyl (C=O) groups excluding carboxylic acids is 2. The van der Waals surface area contributed by atoms with Gasteiger partial charge in [-0.2, -0.15) is 4.31 Å². The Balaban J connectivity index is 2.18. The van der Waals surface area contributed by atoms with E-state index < -0.39 is 27.9 Å². The molecular formula is C19H24N4O4S. The molecule has 2 rings (SSSR count). The molecule has 0 saturated heterocycles. The third-order valence-corrected chi connectivity index (χ3v) is 6.23. The maximum absolute atomic E-state index is 12.6. The molecule has 0 aromatic heterocycles. The van der Waals surface area contributed by atoms with Crippen molar-refractivity contribution >= 4 is 21.8 Å². The first-order valence-corrected chi connectivity index (χ1v) is 10.3. The van der Waals surface area contributed by atoms with Crippen LogP contribution in [0.25, 0.3) is 0 Å². The Morgan fingerprint density at radius 3 is 2.25 bits per heavy atom. The van der Waals surface area contributed by atoms with Gasteiger partial charge in [0.15, 0.2) is 0 Å². The summed E-state index contributed by atoms with van der Waals surface area (Å²) in [6, 6.07) is 13.5. The second-order valence-electron chi connectivity index (χ2n) is 5.96. The van der Waals surface area contributed by atoms with Gasteiger partial charge in [0, 0.05) is 18.7 Å². The average molecular weight is 404 g/mol. The second-order valence-corrected chi connectivity index (χ2v) is 7.90. The average Bonchev–Trinajstić information content (AvgIpc) is 2.69. The summed E-state index contributed by atoms with van der Waals surface area (Å²) in [7, 11) is -3.69. The number of amides is 2. The van der Waals surface area contributed by atoms with Crippen molar-refractivity contribution in [3.63, 3.8) is 0 Å². The van der Waals surface area contributed by atoms with Gasteiger partial charge in [-0.1, -0.05) is 50.2 Å². The van der Waals surface area contributed by atoms with Crippen LogP contribution in [-0.2, 0) is 14.8 Å². The zero-order chi connectivity index (χ0) is 20.7. The summed E-state index contributed by atoms with van der Waals surface area (Å²) in [6.45, 7) is 4.15. The summed E-state index contributed by atoms with van der Waals surface area (Å²) in [6.07, 6.45) is 0. The zero-order valence-electron chi connectivity index (χ0n) is 15.8. The first-order valence-electron chi connectivity index (χ1n) is 8.81. The number of nitrogens with zero attached hydrogens (tertiary/aromatic N) is 1. The maximum atomic E-state index is 12.6. The molecule has 0 radical (unpaired) electrons. The fourth-order valence-corrected chi connectivity index (χ4v) is 4.19.